The highest BCUT2D eigenvalue weighted by molar-refractivity contribution is 5.15. The Morgan fingerprint density at radius 2 is 1.92 bits per heavy atom. The maximum Gasteiger partial charge on any atom is 0.147 e. The summed E-state index contributed by atoms with van der Waals surface area (Å²) in [4.78, 5) is 0. The van der Waals surface area contributed by atoms with Crippen LogP contribution in [0, 0.1) is 5.41 Å². The van der Waals surface area contributed by atoms with E-state index in [0.717, 1.165) is 0 Å². The van der Waals surface area contributed by atoms with Gasteiger partial charge in [0.1, 0.15) is 19.8 Å². The molecule has 2 fully saturated rings. The summed E-state index contributed by atoms with van der Waals surface area (Å²) < 4.78 is 2.26. The van der Waals surface area contributed by atoms with Crippen LogP contribution in [0.5, 0.6) is 0 Å². The van der Waals surface area contributed by atoms with E-state index < -0.39 is 0 Å². The molecule has 68 valence electrons. The van der Waals surface area contributed by atoms with Crippen molar-refractivity contribution in [1.29, 1.82) is 0 Å². The number of hydrogen-bond acceptors (Lipinski definition) is 1. The van der Waals surface area contributed by atoms with Crippen molar-refractivity contribution in [2.24, 2.45) is 5.41 Å². The van der Waals surface area contributed by atoms with Crippen LogP contribution in [0.15, 0.2) is 0 Å². The molecule has 1 N–H and O–H groups in total. The van der Waals surface area contributed by atoms with Crippen molar-refractivity contribution in [2.75, 3.05) is 26.2 Å². The van der Waals surface area contributed by atoms with Crippen molar-refractivity contribution in [1.82, 2.24) is 5.32 Å². The average Bonchev–Trinajstić information content (AvgIpc) is 2.05. The molecule has 2 nitrogen and oxygen atoms in total. The highest BCUT2D eigenvalue weighted by Crippen LogP contribution is 2.36. The van der Waals surface area contributed by atoms with E-state index in [0.29, 0.717) is 5.41 Å². The van der Waals surface area contributed by atoms with Gasteiger partial charge in [-0.1, -0.05) is 0 Å². The minimum Gasteiger partial charge on any atom is -0.317 e. The molecule has 2 rings (SSSR count). The first kappa shape index (κ1) is 8.24. The van der Waals surface area contributed by atoms with Crippen LogP contribution in [-0.2, 0) is 0 Å². The molecule has 2 aliphatic rings. The molecule has 0 atom stereocenters. The third-order valence-corrected chi connectivity index (χ3v) is 3.40. The van der Waals surface area contributed by atoms with Crippen LogP contribution in [-0.4, -0.2) is 37.5 Å². The summed E-state index contributed by atoms with van der Waals surface area (Å²) in [5.41, 5.74) is 0.630. The SMILES string of the molecule is C=[N+]1CCCC2(CCNCC2)C1. The van der Waals surface area contributed by atoms with Gasteiger partial charge in [-0.25, -0.2) is 4.58 Å². The van der Waals surface area contributed by atoms with Gasteiger partial charge < -0.3 is 5.32 Å². The maximum absolute atomic E-state index is 4.06. The minimum atomic E-state index is 0.630. The van der Waals surface area contributed by atoms with E-state index in [9.17, 15) is 0 Å². The molecule has 1 spiro atoms. The number of nitrogens with zero attached hydrogens (tertiary/aromatic N) is 1. The van der Waals surface area contributed by atoms with E-state index >= 15 is 0 Å². The average molecular weight is 167 g/mol. The standard InChI is InChI=1S/C10H19N2/c1-12-8-2-3-10(9-12)4-6-11-7-5-10/h11H,1-9H2/q+1. The molecule has 2 heterocycles. The van der Waals surface area contributed by atoms with Gasteiger partial charge in [0, 0.05) is 11.8 Å². The Morgan fingerprint density at radius 3 is 2.58 bits per heavy atom. The summed E-state index contributed by atoms with van der Waals surface area (Å²) >= 11 is 0. The molecule has 2 saturated heterocycles. The summed E-state index contributed by atoms with van der Waals surface area (Å²) in [5, 5.41) is 3.43. The molecule has 0 saturated carbocycles. The first-order valence-corrected chi connectivity index (χ1v) is 5.07. The third kappa shape index (κ3) is 1.53. The third-order valence-electron chi connectivity index (χ3n) is 3.40. The fourth-order valence-electron chi connectivity index (χ4n) is 2.68. The molecule has 12 heavy (non-hydrogen) atoms. The zero-order valence-corrected chi connectivity index (χ0v) is 7.81. The Bertz CT molecular complexity index is 175. The van der Waals surface area contributed by atoms with Crippen molar-refractivity contribution >= 4 is 6.72 Å². The Hall–Kier alpha value is -0.370. The molecule has 2 aliphatic heterocycles. The van der Waals surface area contributed by atoms with Gasteiger partial charge in [0.05, 0.1) is 0 Å². The van der Waals surface area contributed by atoms with Crippen LogP contribution >= 0.6 is 0 Å². The second-order valence-corrected chi connectivity index (χ2v) is 4.41. The second-order valence-electron chi connectivity index (χ2n) is 4.41. The number of rotatable bonds is 0. The topological polar surface area (TPSA) is 15.0 Å². The summed E-state index contributed by atoms with van der Waals surface area (Å²) in [7, 11) is 0. The molecule has 0 aromatic heterocycles. The number of piperidine rings is 2. The molecule has 0 amide bonds. The van der Waals surface area contributed by atoms with Crippen LogP contribution in [0.2, 0.25) is 0 Å². The Balaban J connectivity index is 2.02. The van der Waals surface area contributed by atoms with Crippen molar-refractivity contribution in [3.8, 4) is 0 Å². The van der Waals surface area contributed by atoms with E-state index in [4.69, 9.17) is 0 Å². The molecule has 0 aliphatic carbocycles. The van der Waals surface area contributed by atoms with Gasteiger partial charge in [-0.3, -0.25) is 0 Å². The lowest BCUT2D eigenvalue weighted by molar-refractivity contribution is -0.548. The molecule has 0 aromatic rings. The van der Waals surface area contributed by atoms with Gasteiger partial charge in [-0.05, 0) is 32.4 Å². The summed E-state index contributed by atoms with van der Waals surface area (Å²) in [6.07, 6.45) is 5.50. The fourth-order valence-corrected chi connectivity index (χ4v) is 2.68. The van der Waals surface area contributed by atoms with Gasteiger partial charge >= 0.3 is 0 Å². The van der Waals surface area contributed by atoms with Gasteiger partial charge in [-0.15, -0.1) is 0 Å². The van der Waals surface area contributed by atoms with Crippen LogP contribution in [0.3, 0.4) is 0 Å². The van der Waals surface area contributed by atoms with E-state index in [1.165, 1.54) is 51.9 Å². The van der Waals surface area contributed by atoms with E-state index in [1.54, 1.807) is 0 Å². The molecule has 0 bridgehead atoms. The highest BCUT2D eigenvalue weighted by atomic mass is 15.0. The highest BCUT2D eigenvalue weighted by Gasteiger charge is 2.38. The van der Waals surface area contributed by atoms with Gasteiger partial charge in [0.15, 0.2) is 0 Å². The van der Waals surface area contributed by atoms with Gasteiger partial charge in [0.25, 0.3) is 0 Å². The number of hydrogen-bond donors (Lipinski definition) is 1. The predicted octanol–water partition coefficient (Wildman–Crippen LogP) is 0.863. The van der Waals surface area contributed by atoms with E-state index in [-0.39, 0.29) is 0 Å². The summed E-state index contributed by atoms with van der Waals surface area (Å²) in [5.74, 6) is 0. The van der Waals surface area contributed by atoms with Crippen LogP contribution in [0.4, 0.5) is 0 Å². The fraction of sp³-hybridized carbons (Fsp3) is 0.900. The van der Waals surface area contributed by atoms with E-state index in [1.807, 2.05) is 0 Å². The summed E-state index contributed by atoms with van der Waals surface area (Å²) in [6.45, 7) is 8.93. The van der Waals surface area contributed by atoms with Crippen molar-refractivity contribution < 1.29 is 4.58 Å². The smallest absolute Gasteiger partial charge is 0.147 e. The normalized spacial score (nSPS) is 29.2. The predicted molar refractivity (Wildman–Crippen MR) is 50.9 cm³/mol. The first-order valence-electron chi connectivity index (χ1n) is 5.07. The molecular weight excluding hydrogens is 148 g/mol. The monoisotopic (exact) mass is 167 g/mol. The molecular formula is C10H19N2+. The zero-order chi connectivity index (χ0) is 8.44. The Labute approximate surface area is 74.7 Å². The zero-order valence-electron chi connectivity index (χ0n) is 7.81. The van der Waals surface area contributed by atoms with Crippen LogP contribution < -0.4 is 5.32 Å². The van der Waals surface area contributed by atoms with E-state index in [2.05, 4.69) is 16.6 Å². The molecule has 2 heteroatoms. The quantitative estimate of drug-likeness (QED) is 0.529. The lowest BCUT2D eigenvalue weighted by atomic mass is 9.73. The van der Waals surface area contributed by atoms with Gasteiger partial charge in [0.2, 0.25) is 0 Å². The number of nitrogens with one attached hydrogen (secondary N) is 1. The summed E-state index contributed by atoms with van der Waals surface area (Å²) in [6, 6.07) is 0. The van der Waals surface area contributed by atoms with Crippen molar-refractivity contribution in [3.63, 3.8) is 0 Å². The first-order chi connectivity index (χ1) is 5.81. The Kier molecular flexibility index (Phi) is 2.18. The Morgan fingerprint density at radius 1 is 1.17 bits per heavy atom. The lowest BCUT2D eigenvalue weighted by Crippen LogP contribution is -2.45. The maximum atomic E-state index is 4.06. The van der Waals surface area contributed by atoms with Gasteiger partial charge in [-0.2, -0.15) is 0 Å². The van der Waals surface area contributed by atoms with Crippen molar-refractivity contribution in [3.05, 3.63) is 0 Å². The van der Waals surface area contributed by atoms with Crippen molar-refractivity contribution in [2.45, 2.75) is 25.7 Å². The minimum absolute atomic E-state index is 0.630. The molecule has 0 unspecified atom stereocenters. The molecule has 0 aromatic carbocycles. The largest absolute Gasteiger partial charge is 0.317 e. The molecule has 0 radical (unpaired) electrons. The van der Waals surface area contributed by atoms with Crippen LogP contribution in [0.25, 0.3) is 0 Å². The second kappa shape index (κ2) is 3.17. The van der Waals surface area contributed by atoms with Crippen LogP contribution in [0.1, 0.15) is 25.7 Å². The lowest BCUT2D eigenvalue weighted by Gasteiger charge is -2.38.